The highest BCUT2D eigenvalue weighted by Gasteiger charge is 2.15. The van der Waals surface area contributed by atoms with E-state index in [1.165, 1.54) is 0 Å². The smallest absolute Gasteiger partial charge is 0.151 e. The Morgan fingerprint density at radius 3 is 2.74 bits per heavy atom. The van der Waals surface area contributed by atoms with Crippen molar-refractivity contribution in [3.63, 3.8) is 0 Å². The van der Waals surface area contributed by atoms with E-state index in [9.17, 15) is 0 Å². The van der Waals surface area contributed by atoms with Gasteiger partial charge in [-0.25, -0.2) is 0 Å². The third-order valence-corrected chi connectivity index (χ3v) is 3.44. The molecule has 0 spiro atoms. The van der Waals surface area contributed by atoms with Crippen molar-refractivity contribution in [3.05, 3.63) is 17.5 Å². The van der Waals surface area contributed by atoms with E-state index in [1.807, 2.05) is 0 Å². The summed E-state index contributed by atoms with van der Waals surface area (Å²) in [7, 11) is 2.17. The fraction of sp³-hybridized carbons (Fsp3) is 0.786. The third kappa shape index (κ3) is 4.93. The summed E-state index contributed by atoms with van der Waals surface area (Å²) in [5.41, 5.74) is 1.00. The summed E-state index contributed by atoms with van der Waals surface area (Å²) in [4.78, 5) is 4.78. The molecule has 5 heteroatoms. The van der Waals surface area contributed by atoms with E-state index in [4.69, 9.17) is 4.52 Å². The molecule has 0 unspecified atom stereocenters. The van der Waals surface area contributed by atoms with Crippen LogP contribution in [-0.4, -0.2) is 54.7 Å². The highest BCUT2D eigenvalue weighted by Crippen LogP contribution is 2.09. The lowest BCUT2D eigenvalue weighted by atomic mass is 10.2. The monoisotopic (exact) mass is 266 g/mol. The minimum Gasteiger partial charge on any atom is -0.360 e. The van der Waals surface area contributed by atoms with E-state index < -0.39 is 0 Å². The molecule has 108 valence electrons. The van der Waals surface area contributed by atoms with Crippen molar-refractivity contribution in [2.75, 3.05) is 39.8 Å². The predicted octanol–water partition coefficient (Wildman–Crippen LogP) is 1.17. The Balaban J connectivity index is 1.74. The largest absolute Gasteiger partial charge is 0.360 e. The summed E-state index contributed by atoms with van der Waals surface area (Å²) < 4.78 is 5.41. The number of aromatic nitrogens is 1. The lowest BCUT2D eigenvalue weighted by molar-refractivity contribution is 0.137. The Kier molecular flexibility index (Phi) is 5.36. The lowest BCUT2D eigenvalue weighted by Crippen LogP contribution is -2.43. The molecule has 0 atom stereocenters. The maximum Gasteiger partial charge on any atom is 0.151 e. The second-order valence-electron chi connectivity index (χ2n) is 5.89. The summed E-state index contributed by atoms with van der Waals surface area (Å²) >= 11 is 0. The molecule has 0 amide bonds. The number of nitrogens with zero attached hydrogens (tertiary/aromatic N) is 3. The number of hydrogen-bond donors (Lipinski definition) is 1. The average molecular weight is 266 g/mol. The van der Waals surface area contributed by atoms with Crippen molar-refractivity contribution in [2.45, 2.75) is 26.9 Å². The van der Waals surface area contributed by atoms with Gasteiger partial charge in [0.15, 0.2) is 5.76 Å². The molecular formula is C14H26N4O. The Morgan fingerprint density at radius 1 is 1.32 bits per heavy atom. The molecule has 0 radical (unpaired) electrons. The molecule has 0 aliphatic carbocycles. The van der Waals surface area contributed by atoms with Gasteiger partial charge in [0.25, 0.3) is 0 Å². The van der Waals surface area contributed by atoms with Crippen LogP contribution in [0.15, 0.2) is 10.6 Å². The summed E-state index contributed by atoms with van der Waals surface area (Å²) in [5, 5.41) is 7.50. The Labute approximate surface area is 115 Å². The van der Waals surface area contributed by atoms with Crippen molar-refractivity contribution < 1.29 is 4.52 Å². The molecular weight excluding hydrogens is 240 g/mol. The maximum absolute atomic E-state index is 5.41. The van der Waals surface area contributed by atoms with Gasteiger partial charge in [-0.05, 0) is 19.5 Å². The van der Waals surface area contributed by atoms with Crippen molar-refractivity contribution >= 4 is 0 Å². The first-order chi connectivity index (χ1) is 9.13. The molecule has 19 heavy (non-hydrogen) atoms. The van der Waals surface area contributed by atoms with Crippen molar-refractivity contribution in [2.24, 2.45) is 5.92 Å². The van der Waals surface area contributed by atoms with Gasteiger partial charge in [0.1, 0.15) is 0 Å². The summed E-state index contributed by atoms with van der Waals surface area (Å²) in [5.74, 6) is 1.64. The SMILES string of the molecule is CC(C)CNCc1cc(CN2CCN(C)CC2)on1. The van der Waals surface area contributed by atoms with Gasteiger partial charge in [-0.3, -0.25) is 4.90 Å². The van der Waals surface area contributed by atoms with Crippen LogP contribution >= 0.6 is 0 Å². The standard InChI is InChI=1S/C14H26N4O/c1-12(2)9-15-10-13-8-14(19-16-13)11-18-6-4-17(3)5-7-18/h8,12,15H,4-7,9-11H2,1-3H3. The third-order valence-electron chi connectivity index (χ3n) is 3.44. The van der Waals surface area contributed by atoms with Gasteiger partial charge in [0.2, 0.25) is 0 Å². The number of likely N-dealkylation sites (N-methyl/N-ethyl adjacent to an activating group) is 1. The van der Waals surface area contributed by atoms with Gasteiger partial charge in [-0.2, -0.15) is 0 Å². The number of hydrogen-bond acceptors (Lipinski definition) is 5. The maximum atomic E-state index is 5.41. The number of rotatable bonds is 6. The molecule has 1 fully saturated rings. The van der Waals surface area contributed by atoms with Crippen LogP contribution in [-0.2, 0) is 13.1 Å². The summed E-state index contributed by atoms with van der Waals surface area (Å²) in [6.45, 7) is 11.6. The minimum absolute atomic E-state index is 0.664. The quantitative estimate of drug-likeness (QED) is 0.837. The van der Waals surface area contributed by atoms with Gasteiger partial charge < -0.3 is 14.7 Å². The van der Waals surface area contributed by atoms with Crippen LogP contribution in [0.5, 0.6) is 0 Å². The highest BCUT2D eigenvalue weighted by atomic mass is 16.5. The zero-order chi connectivity index (χ0) is 13.7. The first-order valence-electron chi connectivity index (χ1n) is 7.19. The topological polar surface area (TPSA) is 44.5 Å². The predicted molar refractivity (Wildman–Crippen MR) is 75.8 cm³/mol. The van der Waals surface area contributed by atoms with Crippen LogP contribution in [0.2, 0.25) is 0 Å². The number of nitrogens with one attached hydrogen (secondary N) is 1. The molecule has 2 heterocycles. The van der Waals surface area contributed by atoms with Crippen LogP contribution in [0.1, 0.15) is 25.3 Å². The Bertz CT molecular complexity index is 369. The minimum atomic E-state index is 0.664. The van der Waals surface area contributed by atoms with E-state index in [2.05, 4.69) is 47.2 Å². The summed E-state index contributed by atoms with van der Waals surface area (Å²) in [6, 6.07) is 2.08. The first-order valence-corrected chi connectivity index (χ1v) is 7.19. The van der Waals surface area contributed by atoms with Gasteiger partial charge >= 0.3 is 0 Å². The number of piperazine rings is 1. The first kappa shape index (κ1) is 14.5. The van der Waals surface area contributed by atoms with E-state index >= 15 is 0 Å². The Morgan fingerprint density at radius 2 is 2.05 bits per heavy atom. The molecule has 5 nitrogen and oxygen atoms in total. The van der Waals surface area contributed by atoms with Gasteiger partial charge in [-0.15, -0.1) is 0 Å². The molecule has 2 rings (SSSR count). The van der Waals surface area contributed by atoms with Gasteiger partial charge in [0.05, 0.1) is 12.2 Å². The van der Waals surface area contributed by atoms with Crippen molar-refractivity contribution in [3.8, 4) is 0 Å². The second kappa shape index (κ2) is 7.03. The van der Waals surface area contributed by atoms with Crippen molar-refractivity contribution in [1.29, 1.82) is 0 Å². The van der Waals surface area contributed by atoms with Crippen LogP contribution < -0.4 is 5.32 Å². The molecule has 1 aromatic rings. The fourth-order valence-corrected chi connectivity index (χ4v) is 2.23. The molecule has 1 N–H and O–H groups in total. The van der Waals surface area contributed by atoms with E-state index in [0.29, 0.717) is 5.92 Å². The molecule has 1 aliphatic rings. The zero-order valence-electron chi connectivity index (χ0n) is 12.4. The molecule has 0 saturated carbocycles. The van der Waals surface area contributed by atoms with E-state index in [0.717, 1.165) is 57.3 Å². The normalized spacial score (nSPS) is 18.3. The van der Waals surface area contributed by atoms with Crippen LogP contribution in [0.4, 0.5) is 0 Å². The Hall–Kier alpha value is -0.910. The highest BCUT2D eigenvalue weighted by molar-refractivity contribution is 5.05. The van der Waals surface area contributed by atoms with E-state index in [1.54, 1.807) is 0 Å². The molecule has 1 aliphatic heterocycles. The van der Waals surface area contributed by atoms with Gasteiger partial charge in [0, 0.05) is 38.8 Å². The van der Waals surface area contributed by atoms with Gasteiger partial charge in [-0.1, -0.05) is 19.0 Å². The molecule has 1 saturated heterocycles. The average Bonchev–Trinajstić information content (AvgIpc) is 2.79. The fourth-order valence-electron chi connectivity index (χ4n) is 2.23. The van der Waals surface area contributed by atoms with Crippen LogP contribution in [0.3, 0.4) is 0 Å². The van der Waals surface area contributed by atoms with E-state index in [-0.39, 0.29) is 0 Å². The molecule has 0 aromatic carbocycles. The lowest BCUT2D eigenvalue weighted by Gasteiger charge is -2.31. The van der Waals surface area contributed by atoms with Crippen LogP contribution in [0.25, 0.3) is 0 Å². The second-order valence-corrected chi connectivity index (χ2v) is 5.89. The van der Waals surface area contributed by atoms with Crippen molar-refractivity contribution in [1.82, 2.24) is 20.3 Å². The summed E-state index contributed by atoms with van der Waals surface area (Å²) in [6.07, 6.45) is 0. The molecule has 1 aromatic heterocycles. The van der Waals surface area contributed by atoms with Crippen LogP contribution in [0, 0.1) is 5.92 Å². The molecule has 0 bridgehead atoms. The zero-order valence-corrected chi connectivity index (χ0v) is 12.4.